The Morgan fingerprint density at radius 2 is 0.835 bits per heavy atom. The number of carbonyl (C=O) groups is 11. The van der Waals surface area contributed by atoms with Gasteiger partial charge in [0, 0.05) is 63.6 Å². The van der Waals surface area contributed by atoms with E-state index in [1.54, 1.807) is 13.8 Å². The predicted octanol–water partition coefficient (Wildman–Crippen LogP) is 4.52. The Bertz CT molecular complexity index is 3220. The van der Waals surface area contributed by atoms with Crippen molar-refractivity contribution in [2.24, 2.45) is 0 Å². The van der Waals surface area contributed by atoms with Crippen molar-refractivity contribution < 1.29 is 132 Å². The van der Waals surface area contributed by atoms with Crippen molar-refractivity contribution in [2.45, 2.75) is 66.4 Å². The lowest BCUT2D eigenvalue weighted by Crippen LogP contribution is -2.42. The Morgan fingerprint density at radius 1 is 0.447 bits per heavy atom. The molecular formula is C55H52F4N2O24. The number of fused-ring (bicyclic) bond motifs is 6. The van der Waals surface area contributed by atoms with Gasteiger partial charge in [-0.1, -0.05) is 13.8 Å². The number of anilines is 2. The fourth-order valence-electron chi connectivity index (χ4n) is 8.69. The highest BCUT2D eigenvalue weighted by Crippen LogP contribution is 2.59. The SMILES string of the molecule is CC(=O)OCOC(=O)CN(CC(=O)OCOC(C)=O)c1cc2c(cc1OCCOc1c(N(CC(=O)OCOC(C)=O)CC(=O)OCOC(C)=O)ccc(F)c1F)C1(OC2=O)c2cc(F)c(OC(C)=O)cc2C(C)(C)c2cc(OC(C)=O)c(F)cc21. The Hall–Kier alpha value is -10.0. The van der Waals surface area contributed by atoms with E-state index in [9.17, 15) is 52.7 Å². The molecule has 1 heterocycles. The summed E-state index contributed by atoms with van der Waals surface area (Å²) in [6.45, 7) is 0.0565. The molecule has 6 rings (SSSR count). The van der Waals surface area contributed by atoms with Gasteiger partial charge in [-0.25, -0.2) is 18.0 Å². The molecular weight excluding hydrogens is 1150 g/mol. The molecule has 0 aromatic heterocycles. The lowest BCUT2D eigenvalue weighted by atomic mass is 9.61. The molecule has 0 N–H and O–H groups in total. The fourth-order valence-corrected chi connectivity index (χ4v) is 8.69. The second-order valence-corrected chi connectivity index (χ2v) is 18.6. The molecule has 0 amide bonds. The van der Waals surface area contributed by atoms with Gasteiger partial charge in [-0.05, 0) is 59.7 Å². The second kappa shape index (κ2) is 27.4. The number of nitrogens with zero attached hydrogens (tertiary/aromatic N) is 2. The first-order chi connectivity index (χ1) is 40.0. The van der Waals surface area contributed by atoms with E-state index >= 15 is 17.6 Å². The summed E-state index contributed by atoms with van der Waals surface area (Å²) in [6, 6.07) is 7.64. The fraction of sp³-hybridized carbons (Fsp3) is 0.364. The van der Waals surface area contributed by atoms with Gasteiger partial charge < -0.3 is 71.4 Å². The molecule has 0 saturated heterocycles. The first-order valence-electron chi connectivity index (χ1n) is 24.9. The van der Waals surface area contributed by atoms with E-state index in [1.807, 2.05) is 0 Å². The molecule has 2 aliphatic rings. The lowest BCUT2D eigenvalue weighted by molar-refractivity contribution is -0.167. The van der Waals surface area contributed by atoms with Gasteiger partial charge in [0.25, 0.3) is 0 Å². The van der Waals surface area contributed by atoms with Gasteiger partial charge in [-0.2, -0.15) is 4.39 Å². The number of carbonyl (C=O) groups excluding carboxylic acids is 11. The van der Waals surface area contributed by atoms with Gasteiger partial charge in [0.15, 0.2) is 40.3 Å². The predicted molar refractivity (Wildman–Crippen MR) is 272 cm³/mol. The largest absolute Gasteiger partial charge is 0.488 e. The van der Waals surface area contributed by atoms with Crippen LogP contribution in [0.1, 0.15) is 93.6 Å². The zero-order valence-corrected chi connectivity index (χ0v) is 46.4. The van der Waals surface area contributed by atoms with E-state index in [0.29, 0.717) is 6.07 Å². The van der Waals surface area contributed by atoms with Crippen molar-refractivity contribution in [3.05, 3.63) is 105 Å². The van der Waals surface area contributed by atoms with Crippen molar-refractivity contribution in [1.29, 1.82) is 0 Å². The van der Waals surface area contributed by atoms with Crippen LogP contribution in [0.25, 0.3) is 0 Å². The molecule has 85 heavy (non-hydrogen) atoms. The van der Waals surface area contributed by atoms with E-state index in [1.165, 1.54) is 0 Å². The summed E-state index contributed by atoms with van der Waals surface area (Å²) >= 11 is 0. The van der Waals surface area contributed by atoms with Gasteiger partial charge in [0.05, 0.1) is 16.9 Å². The van der Waals surface area contributed by atoms with Crippen molar-refractivity contribution in [3.8, 4) is 23.0 Å². The zero-order valence-electron chi connectivity index (χ0n) is 46.4. The summed E-state index contributed by atoms with van der Waals surface area (Å²) < 4.78 is 131. The molecule has 1 spiro atoms. The van der Waals surface area contributed by atoms with E-state index < -0.39 is 206 Å². The first-order valence-corrected chi connectivity index (χ1v) is 24.9. The highest BCUT2D eigenvalue weighted by molar-refractivity contribution is 5.99. The summed E-state index contributed by atoms with van der Waals surface area (Å²) in [5.41, 5.74) is -5.57. The number of esters is 11. The lowest BCUT2D eigenvalue weighted by Gasteiger charge is -2.44. The van der Waals surface area contributed by atoms with Crippen LogP contribution in [0, 0.1) is 23.3 Å². The minimum atomic E-state index is -2.43. The Labute approximate surface area is 478 Å². The van der Waals surface area contributed by atoms with Crippen LogP contribution in [-0.4, -0.2) is 132 Å². The average molecular weight is 1200 g/mol. The van der Waals surface area contributed by atoms with Crippen LogP contribution in [0.4, 0.5) is 28.9 Å². The number of ether oxygens (including phenoxy) is 13. The van der Waals surface area contributed by atoms with Crippen LogP contribution in [0.5, 0.6) is 23.0 Å². The van der Waals surface area contributed by atoms with Crippen LogP contribution in [0.2, 0.25) is 0 Å². The van der Waals surface area contributed by atoms with Crippen molar-refractivity contribution >= 4 is 77.0 Å². The number of hydrogen-bond acceptors (Lipinski definition) is 26. The summed E-state index contributed by atoms with van der Waals surface area (Å²) in [7, 11) is 0. The zero-order chi connectivity index (χ0) is 62.7. The Morgan fingerprint density at radius 3 is 1.24 bits per heavy atom. The van der Waals surface area contributed by atoms with Crippen molar-refractivity contribution in [1.82, 2.24) is 0 Å². The van der Waals surface area contributed by atoms with Crippen LogP contribution >= 0.6 is 0 Å². The van der Waals surface area contributed by atoms with Crippen LogP contribution in [-0.2, 0) is 102 Å². The topological polar surface area (TPSA) is 314 Å². The minimum absolute atomic E-state index is 0.101. The maximum atomic E-state index is 16.4. The molecule has 0 radical (unpaired) electrons. The summed E-state index contributed by atoms with van der Waals surface area (Å²) in [5.74, 6) is -19.5. The molecule has 454 valence electrons. The maximum Gasteiger partial charge on any atom is 0.340 e. The van der Waals surface area contributed by atoms with Gasteiger partial charge in [0.1, 0.15) is 45.1 Å². The Kier molecular flexibility index (Phi) is 20.7. The molecule has 26 nitrogen and oxygen atoms in total. The molecule has 4 aromatic carbocycles. The van der Waals surface area contributed by atoms with E-state index in [0.717, 1.165) is 93.8 Å². The van der Waals surface area contributed by atoms with Gasteiger partial charge in [-0.3, -0.25) is 47.9 Å². The van der Waals surface area contributed by atoms with Crippen molar-refractivity contribution in [2.75, 3.05) is 76.4 Å². The molecule has 1 aliphatic heterocycles. The molecule has 30 heteroatoms. The van der Waals surface area contributed by atoms with E-state index in [4.69, 9.17) is 52.1 Å². The average Bonchev–Trinajstić information content (AvgIpc) is 1.67. The first kappa shape index (κ1) is 64.1. The molecule has 0 unspecified atom stereocenters. The third kappa shape index (κ3) is 15.5. The highest BCUT2D eigenvalue weighted by Gasteiger charge is 2.57. The molecule has 0 fully saturated rings. The number of halogens is 4. The van der Waals surface area contributed by atoms with E-state index in [-0.39, 0.29) is 27.8 Å². The number of benzene rings is 4. The monoisotopic (exact) mass is 1200 g/mol. The summed E-state index contributed by atoms with van der Waals surface area (Å²) in [5, 5.41) is 0. The van der Waals surface area contributed by atoms with Crippen LogP contribution in [0.3, 0.4) is 0 Å². The minimum Gasteiger partial charge on any atom is -0.488 e. The number of rotatable bonds is 25. The molecule has 0 atom stereocenters. The van der Waals surface area contributed by atoms with Gasteiger partial charge in [-0.15, -0.1) is 0 Å². The third-order valence-corrected chi connectivity index (χ3v) is 12.2. The molecule has 0 bridgehead atoms. The Balaban J connectivity index is 1.53. The maximum absolute atomic E-state index is 16.4. The van der Waals surface area contributed by atoms with Crippen LogP contribution < -0.4 is 28.7 Å². The molecule has 1 aliphatic carbocycles. The molecule has 0 saturated carbocycles. The van der Waals surface area contributed by atoms with Gasteiger partial charge >= 0.3 is 65.7 Å². The normalized spacial score (nSPS) is 12.8. The highest BCUT2D eigenvalue weighted by atomic mass is 19.2. The van der Waals surface area contributed by atoms with E-state index in [2.05, 4.69) is 9.47 Å². The quantitative estimate of drug-likeness (QED) is 0.0220. The summed E-state index contributed by atoms with van der Waals surface area (Å²) in [4.78, 5) is 139. The smallest absolute Gasteiger partial charge is 0.340 e. The van der Waals surface area contributed by atoms with Gasteiger partial charge in [0.2, 0.25) is 33.0 Å². The van der Waals surface area contributed by atoms with Crippen molar-refractivity contribution in [3.63, 3.8) is 0 Å². The van der Waals surface area contributed by atoms with Crippen LogP contribution in [0.15, 0.2) is 48.5 Å². The second-order valence-electron chi connectivity index (χ2n) is 18.6. The third-order valence-electron chi connectivity index (χ3n) is 12.2. The number of hydrogen-bond donors (Lipinski definition) is 0. The molecule has 4 aromatic rings. The summed E-state index contributed by atoms with van der Waals surface area (Å²) in [6.07, 6.45) is 0. The standard InChI is InChI=1S/C55H52F4N2O24/c1-27(62)75-23-79-47(68)19-60(20-48(69)80-24-76-28(2)63)42-10-9-39(56)51(59)52(42)74-12-11-73-46-16-34-33(13-43(46)61(21-49(70)81-25-77-29(3)64)22-50(71)82-26-78-30(4)65)53(72)85-55(34)37-14-40(57)44(83-31(5)66)17-35(37)54(7,8)36-18-45(84-32(6)67)41(58)15-38(36)55/h9-10,13-18H,11-12,19-26H2,1-8H3.